The number of hydrogen-bond acceptors (Lipinski definition) is 7. The Morgan fingerprint density at radius 2 is 2.28 bits per heavy atom. The third-order valence-corrected chi connectivity index (χ3v) is 5.29. The monoisotopic (exact) mass is 294 g/mol. The molecular weight excluding hydrogens is 284 g/mol. The van der Waals surface area contributed by atoms with E-state index in [1.54, 1.807) is 34.4 Å². The normalized spacial score (nSPS) is 11.0. The molecule has 3 rings (SSSR count). The van der Waals surface area contributed by atoms with Gasteiger partial charge in [-0.05, 0) is 24.4 Å². The molecule has 3 heterocycles. The quantitative estimate of drug-likeness (QED) is 0.440. The van der Waals surface area contributed by atoms with Gasteiger partial charge in [0.2, 0.25) is 5.95 Å². The molecule has 0 bridgehead atoms. The van der Waals surface area contributed by atoms with Gasteiger partial charge in [0, 0.05) is 10.3 Å². The topological polar surface area (TPSA) is 63.8 Å². The van der Waals surface area contributed by atoms with Gasteiger partial charge in [-0.3, -0.25) is 5.43 Å². The highest BCUT2D eigenvalue weighted by Crippen LogP contribution is 2.37. The van der Waals surface area contributed by atoms with Gasteiger partial charge < -0.3 is 0 Å². The van der Waals surface area contributed by atoms with Gasteiger partial charge in [0.25, 0.3) is 0 Å². The average molecular weight is 294 g/mol. The summed E-state index contributed by atoms with van der Waals surface area (Å²) in [6.45, 7) is 2.07. The maximum absolute atomic E-state index is 5.41. The maximum Gasteiger partial charge on any atom is 0.239 e. The summed E-state index contributed by atoms with van der Waals surface area (Å²) in [6, 6.07) is 6.24. The molecule has 0 saturated carbocycles. The fourth-order valence-corrected chi connectivity index (χ4v) is 4.30. The van der Waals surface area contributed by atoms with Crippen molar-refractivity contribution in [3.8, 4) is 0 Å². The van der Waals surface area contributed by atoms with Crippen LogP contribution in [0, 0.1) is 6.92 Å². The van der Waals surface area contributed by atoms with E-state index in [4.69, 9.17) is 5.84 Å². The van der Waals surface area contributed by atoms with E-state index in [-0.39, 0.29) is 0 Å². The summed E-state index contributed by atoms with van der Waals surface area (Å²) >= 11 is 5.00. The number of nitrogens with zero attached hydrogens (tertiary/aromatic N) is 2. The Hall–Kier alpha value is -1.15. The molecule has 0 unspecified atom stereocenters. The van der Waals surface area contributed by atoms with E-state index in [0.717, 1.165) is 15.2 Å². The highest BCUT2D eigenvalue weighted by Gasteiger charge is 2.11. The van der Waals surface area contributed by atoms with Crippen molar-refractivity contribution in [2.75, 3.05) is 5.43 Å². The minimum Gasteiger partial charge on any atom is -0.292 e. The lowest BCUT2D eigenvalue weighted by molar-refractivity contribution is 1.08. The van der Waals surface area contributed by atoms with Crippen molar-refractivity contribution >= 4 is 50.6 Å². The van der Waals surface area contributed by atoms with Crippen molar-refractivity contribution in [1.82, 2.24) is 9.97 Å². The second-order valence-corrected chi connectivity index (χ2v) is 7.08. The molecule has 0 amide bonds. The first-order valence-electron chi connectivity index (χ1n) is 5.22. The number of rotatable bonds is 3. The van der Waals surface area contributed by atoms with Crippen LogP contribution in [0.4, 0.5) is 5.95 Å². The molecule has 7 heteroatoms. The van der Waals surface area contributed by atoms with E-state index in [2.05, 4.69) is 39.8 Å². The first kappa shape index (κ1) is 11.9. The van der Waals surface area contributed by atoms with E-state index in [1.807, 2.05) is 6.07 Å². The molecule has 0 spiro atoms. The zero-order chi connectivity index (χ0) is 12.5. The number of nitrogen functional groups attached to an aromatic ring is 1. The summed E-state index contributed by atoms with van der Waals surface area (Å²) in [7, 11) is 0. The average Bonchev–Trinajstić information content (AvgIpc) is 2.97. The Labute approximate surface area is 116 Å². The molecule has 0 aliphatic carbocycles. The molecule has 0 aliphatic heterocycles. The Kier molecular flexibility index (Phi) is 3.21. The molecule has 3 aromatic heterocycles. The van der Waals surface area contributed by atoms with Crippen LogP contribution < -0.4 is 11.3 Å². The van der Waals surface area contributed by atoms with Crippen LogP contribution in [0.25, 0.3) is 10.2 Å². The molecule has 0 saturated heterocycles. The first-order chi connectivity index (χ1) is 8.76. The molecule has 0 fully saturated rings. The summed E-state index contributed by atoms with van der Waals surface area (Å²) in [6.07, 6.45) is 0. The van der Waals surface area contributed by atoms with Gasteiger partial charge in [0.15, 0.2) is 0 Å². The van der Waals surface area contributed by atoms with Gasteiger partial charge in [-0.2, -0.15) is 0 Å². The molecule has 92 valence electrons. The van der Waals surface area contributed by atoms with Crippen molar-refractivity contribution < 1.29 is 0 Å². The number of fused-ring (bicyclic) bond motifs is 1. The van der Waals surface area contributed by atoms with Gasteiger partial charge in [0.1, 0.15) is 9.86 Å². The molecule has 3 aromatic rings. The van der Waals surface area contributed by atoms with Crippen molar-refractivity contribution in [2.24, 2.45) is 5.84 Å². The number of aryl methyl sites for hydroxylation is 1. The van der Waals surface area contributed by atoms with Crippen molar-refractivity contribution in [1.29, 1.82) is 0 Å². The fourth-order valence-electron chi connectivity index (χ4n) is 1.57. The zero-order valence-corrected chi connectivity index (χ0v) is 12.0. The third kappa shape index (κ3) is 2.22. The number of thiophene rings is 2. The predicted molar refractivity (Wildman–Crippen MR) is 78.4 cm³/mol. The lowest BCUT2D eigenvalue weighted by Gasteiger charge is -2.03. The molecule has 0 aromatic carbocycles. The van der Waals surface area contributed by atoms with Gasteiger partial charge in [-0.25, -0.2) is 15.8 Å². The SMILES string of the molecule is Cc1cc2c(Sc3cccs3)nc(NN)nc2s1. The summed E-state index contributed by atoms with van der Waals surface area (Å²) in [5.74, 6) is 5.87. The number of nitrogens with one attached hydrogen (secondary N) is 1. The van der Waals surface area contributed by atoms with Crippen LogP contribution in [0.3, 0.4) is 0 Å². The number of aromatic nitrogens is 2. The van der Waals surface area contributed by atoms with E-state index < -0.39 is 0 Å². The summed E-state index contributed by atoms with van der Waals surface area (Å²) in [5, 5.41) is 4.09. The largest absolute Gasteiger partial charge is 0.292 e. The van der Waals surface area contributed by atoms with E-state index in [9.17, 15) is 0 Å². The highest BCUT2D eigenvalue weighted by atomic mass is 32.2. The summed E-state index contributed by atoms with van der Waals surface area (Å²) in [4.78, 5) is 11.0. The Morgan fingerprint density at radius 1 is 1.39 bits per heavy atom. The van der Waals surface area contributed by atoms with Crippen LogP contribution >= 0.6 is 34.4 Å². The molecule has 0 aliphatic rings. The smallest absolute Gasteiger partial charge is 0.239 e. The lowest BCUT2D eigenvalue weighted by Crippen LogP contribution is -2.10. The van der Waals surface area contributed by atoms with Crippen LogP contribution in [0.15, 0.2) is 32.8 Å². The van der Waals surface area contributed by atoms with E-state index >= 15 is 0 Å². The zero-order valence-electron chi connectivity index (χ0n) is 9.51. The van der Waals surface area contributed by atoms with Gasteiger partial charge in [-0.1, -0.05) is 17.8 Å². The Bertz CT molecular complexity index is 675. The molecule has 3 N–H and O–H groups in total. The van der Waals surface area contributed by atoms with Gasteiger partial charge in [-0.15, -0.1) is 22.7 Å². The maximum atomic E-state index is 5.41. The van der Waals surface area contributed by atoms with Crippen LogP contribution in [0.1, 0.15) is 4.88 Å². The number of nitrogens with two attached hydrogens (primary N) is 1. The number of hydrogen-bond donors (Lipinski definition) is 2. The first-order valence-corrected chi connectivity index (χ1v) is 7.73. The molecule has 18 heavy (non-hydrogen) atoms. The third-order valence-electron chi connectivity index (χ3n) is 2.30. The molecule has 4 nitrogen and oxygen atoms in total. The van der Waals surface area contributed by atoms with Crippen molar-refractivity contribution in [2.45, 2.75) is 16.2 Å². The lowest BCUT2D eigenvalue weighted by atomic mass is 10.4. The standard InChI is InChI=1S/C11H10N4S3/c1-6-5-7-9(17-6)13-11(15-12)14-10(7)18-8-3-2-4-16-8/h2-5H,12H2,1H3,(H,13,14,15). The second kappa shape index (κ2) is 4.85. The van der Waals surface area contributed by atoms with Crippen molar-refractivity contribution in [3.05, 3.63) is 28.5 Å². The Balaban J connectivity index is 2.13. The van der Waals surface area contributed by atoms with Gasteiger partial charge >= 0.3 is 0 Å². The molecule has 0 radical (unpaired) electrons. The number of anilines is 1. The van der Waals surface area contributed by atoms with Crippen molar-refractivity contribution in [3.63, 3.8) is 0 Å². The summed E-state index contributed by atoms with van der Waals surface area (Å²) < 4.78 is 1.21. The van der Waals surface area contributed by atoms with E-state index in [1.165, 1.54) is 9.09 Å². The van der Waals surface area contributed by atoms with Gasteiger partial charge in [0.05, 0.1) is 4.21 Å². The van der Waals surface area contributed by atoms with E-state index in [0.29, 0.717) is 5.95 Å². The highest BCUT2D eigenvalue weighted by molar-refractivity contribution is 8.01. The van der Waals surface area contributed by atoms with Crippen LogP contribution in [0.2, 0.25) is 0 Å². The molecular formula is C11H10N4S3. The minimum atomic E-state index is 0.461. The Morgan fingerprint density at radius 3 is 3.00 bits per heavy atom. The predicted octanol–water partition coefficient (Wildman–Crippen LogP) is 3.50. The van der Waals surface area contributed by atoms with Crippen LogP contribution in [0.5, 0.6) is 0 Å². The van der Waals surface area contributed by atoms with Crippen LogP contribution in [-0.4, -0.2) is 9.97 Å². The second-order valence-electron chi connectivity index (χ2n) is 3.61. The fraction of sp³-hybridized carbons (Fsp3) is 0.0909. The molecule has 0 atom stereocenters. The van der Waals surface area contributed by atoms with Crippen LogP contribution in [-0.2, 0) is 0 Å². The minimum absolute atomic E-state index is 0.461. The summed E-state index contributed by atoms with van der Waals surface area (Å²) in [5.41, 5.74) is 2.52. The number of hydrazine groups is 1.